The van der Waals surface area contributed by atoms with Crippen molar-refractivity contribution in [3.63, 3.8) is 0 Å². The second-order valence-corrected chi connectivity index (χ2v) is 9.63. The minimum absolute atomic E-state index is 0.0880. The summed E-state index contributed by atoms with van der Waals surface area (Å²) in [5, 5.41) is 12.7. The van der Waals surface area contributed by atoms with Crippen LogP contribution in [0.15, 0.2) is 5.16 Å². The van der Waals surface area contributed by atoms with Gasteiger partial charge in [0.1, 0.15) is 5.82 Å². The number of carbonyl (C=O) groups excluding carboxylic acids is 2. The number of hydrogen-bond acceptors (Lipinski definition) is 5. The van der Waals surface area contributed by atoms with Gasteiger partial charge in [-0.3, -0.25) is 15.2 Å². The van der Waals surface area contributed by atoms with Gasteiger partial charge >= 0.3 is 6.03 Å². The van der Waals surface area contributed by atoms with E-state index in [4.69, 9.17) is 0 Å². The van der Waals surface area contributed by atoms with Crippen molar-refractivity contribution in [3.05, 3.63) is 5.82 Å². The van der Waals surface area contributed by atoms with Gasteiger partial charge in [-0.15, -0.1) is 5.10 Å². The Bertz CT molecular complexity index is 668. The monoisotopic (exact) mass is 377 g/mol. The largest absolute Gasteiger partial charge is 0.332 e. The number of urea groups is 1. The van der Waals surface area contributed by atoms with E-state index in [2.05, 4.69) is 25.8 Å². The fraction of sp³-hybridized carbons (Fsp3) is 0.778. The van der Waals surface area contributed by atoms with Gasteiger partial charge in [-0.25, -0.2) is 9.78 Å². The van der Waals surface area contributed by atoms with Crippen LogP contribution in [0.3, 0.4) is 0 Å². The van der Waals surface area contributed by atoms with Crippen molar-refractivity contribution in [3.8, 4) is 0 Å². The van der Waals surface area contributed by atoms with Crippen molar-refractivity contribution in [1.82, 2.24) is 25.8 Å². The van der Waals surface area contributed by atoms with Gasteiger partial charge in [0.15, 0.2) is 0 Å². The normalized spacial score (nSPS) is 33.1. The third-order valence-electron chi connectivity index (χ3n) is 6.15. The molecule has 0 aliphatic heterocycles. The van der Waals surface area contributed by atoms with Gasteiger partial charge in [-0.1, -0.05) is 18.7 Å². The molecule has 4 aliphatic carbocycles. The zero-order valence-electron chi connectivity index (χ0n) is 15.4. The molecule has 3 amide bonds. The van der Waals surface area contributed by atoms with Crippen LogP contribution < -0.4 is 10.6 Å². The molecule has 1 aromatic rings. The number of imide groups is 1. The quantitative estimate of drug-likeness (QED) is 0.685. The molecule has 1 unspecified atom stereocenters. The zero-order chi connectivity index (χ0) is 18.3. The van der Waals surface area contributed by atoms with E-state index in [0.717, 1.165) is 49.3 Å². The molecule has 0 aromatic carbocycles. The number of carbonyl (C=O) groups is 2. The fourth-order valence-electron chi connectivity index (χ4n) is 5.45. The molecule has 0 spiro atoms. The summed E-state index contributed by atoms with van der Waals surface area (Å²) in [4.78, 5) is 29.1. The lowest BCUT2D eigenvalue weighted by Crippen LogP contribution is -2.62. The number of nitrogens with one attached hydrogen (secondary N) is 3. The summed E-state index contributed by atoms with van der Waals surface area (Å²) in [5.74, 6) is 2.75. The highest BCUT2D eigenvalue weighted by Gasteiger charge is 2.51. The molecular formula is C18H27N5O2S. The molecule has 4 saturated carbocycles. The van der Waals surface area contributed by atoms with Crippen molar-refractivity contribution in [1.29, 1.82) is 0 Å². The predicted molar refractivity (Wildman–Crippen MR) is 98.7 cm³/mol. The van der Waals surface area contributed by atoms with E-state index >= 15 is 0 Å². The maximum atomic E-state index is 12.5. The molecule has 1 aromatic heterocycles. The second-order valence-electron chi connectivity index (χ2n) is 8.32. The number of aryl methyl sites for hydroxylation is 1. The van der Waals surface area contributed by atoms with Gasteiger partial charge in [-0.05, 0) is 63.2 Å². The number of hydrogen-bond donors (Lipinski definition) is 3. The minimum atomic E-state index is -0.433. The van der Waals surface area contributed by atoms with Gasteiger partial charge in [-0.2, -0.15) is 0 Å². The highest BCUT2D eigenvalue weighted by molar-refractivity contribution is 8.00. The third kappa shape index (κ3) is 3.61. The van der Waals surface area contributed by atoms with E-state index in [-0.39, 0.29) is 17.5 Å². The first-order valence-corrected chi connectivity index (χ1v) is 10.5. The average Bonchev–Trinajstić information content (AvgIpc) is 3.00. The molecule has 3 N–H and O–H groups in total. The number of aromatic amines is 1. The minimum Gasteiger partial charge on any atom is -0.332 e. The second kappa shape index (κ2) is 6.87. The van der Waals surface area contributed by atoms with E-state index in [1.807, 2.05) is 6.92 Å². The SMILES string of the molecule is CCc1nc(SC(C)C(=O)NC(=O)NC23CC4CC(CC(C4)C2)C3)n[nH]1. The molecule has 5 rings (SSSR count). The molecule has 0 saturated heterocycles. The van der Waals surface area contributed by atoms with Crippen molar-refractivity contribution < 1.29 is 9.59 Å². The van der Waals surface area contributed by atoms with E-state index in [1.54, 1.807) is 6.92 Å². The molecule has 0 radical (unpaired) electrons. The van der Waals surface area contributed by atoms with Gasteiger partial charge in [0, 0.05) is 12.0 Å². The van der Waals surface area contributed by atoms with Gasteiger partial charge < -0.3 is 5.32 Å². The summed E-state index contributed by atoms with van der Waals surface area (Å²) < 4.78 is 0. The van der Waals surface area contributed by atoms with Crippen molar-refractivity contribution in [2.45, 2.75) is 74.7 Å². The number of amides is 3. The van der Waals surface area contributed by atoms with Crippen LogP contribution in [-0.2, 0) is 11.2 Å². The summed E-state index contributed by atoms with van der Waals surface area (Å²) in [7, 11) is 0. The first-order chi connectivity index (χ1) is 12.4. The van der Waals surface area contributed by atoms with Gasteiger partial charge in [0.2, 0.25) is 11.1 Å². The highest BCUT2D eigenvalue weighted by atomic mass is 32.2. The Morgan fingerprint density at radius 2 is 1.85 bits per heavy atom. The summed E-state index contributed by atoms with van der Waals surface area (Å²) in [6.07, 6.45) is 7.95. The zero-order valence-corrected chi connectivity index (χ0v) is 16.2. The van der Waals surface area contributed by atoms with Crippen LogP contribution in [0.25, 0.3) is 0 Å². The first-order valence-electron chi connectivity index (χ1n) is 9.65. The van der Waals surface area contributed by atoms with E-state index in [0.29, 0.717) is 5.16 Å². The maximum absolute atomic E-state index is 12.5. The molecule has 8 heteroatoms. The first kappa shape index (κ1) is 17.8. The van der Waals surface area contributed by atoms with Crippen LogP contribution in [0.1, 0.15) is 58.2 Å². The molecule has 4 bridgehead atoms. The lowest BCUT2D eigenvalue weighted by molar-refractivity contribution is -0.119. The molecule has 7 nitrogen and oxygen atoms in total. The van der Waals surface area contributed by atoms with Crippen LogP contribution in [0, 0.1) is 17.8 Å². The number of aromatic nitrogens is 3. The Hall–Kier alpha value is -1.57. The number of thioether (sulfide) groups is 1. The maximum Gasteiger partial charge on any atom is 0.321 e. The Balaban J connectivity index is 1.31. The molecule has 26 heavy (non-hydrogen) atoms. The van der Waals surface area contributed by atoms with Gasteiger partial charge in [0.25, 0.3) is 0 Å². The van der Waals surface area contributed by atoms with E-state index in [9.17, 15) is 9.59 Å². The van der Waals surface area contributed by atoms with Crippen LogP contribution >= 0.6 is 11.8 Å². The third-order valence-corrected chi connectivity index (χ3v) is 7.11. The van der Waals surface area contributed by atoms with E-state index in [1.165, 1.54) is 31.0 Å². The van der Waals surface area contributed by atoms with Crippen molar-refractivity contribution >= 4 is 23.7 Å². The molecular weight excluding hydrogens is 350 g/mol. The Morgan fingerprint density at radius 3 is 2.38 bits per heavy atom. The Kier molecular flexibility index (Phi) is 4.71. The van der Waals surface area contributed by atoms with Crippen LogP contribution in [0.5, 0.6) is 0 Å². The predicted octanol–water partition coefficient (Wildman–Crippen LogP) is 2.64. The van der Waals surface area contributed by atoms with Crippen LogP contribution in [-0.4, -0.2) is 37.9 Å². The molecule has 142 valence electrons. The molecule has 1 heterocycles. The lowest BCUT2D eigenvalue weighted by Gasteiger charge is -2.56. The summed E-state index contributed by atoms with van der Waals surface area (Å²) in [5.41, 5.74) is -0.0880. The Morgan fingerprint density at radius 1 is 1.23 bits per heavy atom. The fourth-order valence-corrected chi connectivity index (χ4v) is 6.19. The summed E-state index contributed by atoms with van der Waals surface area (Å²) in [6.45, 7) is 3.75. The number of rotatable bonds is 5. The number of H-pyrrole nitrogens is 1. The highest BCUT2D eigenvalue weighted by Crippen LogP contribution is 2.55. The van der Waals surface area contributed by atoms with Crippen LogP contribution in [0.4, 0.5) is 4.79 Å². The van der Waals surface area contributed by atoms with Crippen molar-refractivity contribution in [2.24, 2.45) is 17.8 Å². The van der Waals surface area contributed by atoms with Crippen molar-refractivity contribution in [2.75, 3.05) is 0 Å². The molecule has 4 aliphatic rings. The summed E-state index contributed by atoms with van der Waals surface area (Å²) in [6, 6.07) is -0.353. The van der Waals surface area contributed by atoms with Crippen LogP contribution in [0.2, 0.25) is 0 Å². The van der Waals surface area contributed by atoms with Gasteiger partial charge in [0.05, 0.1) is 5.25 Å². The Labute approximate surface area is 157 Å². The van der Waals surface area contributed by atoms with E-state index < -0.39 is 5.25 Å². The summed E-state index contributed by atoms with van der Waals surface area (Å²) >= 11 is 1.25. The number of nitrogens with zero attached hydrogens (tertiary/aromatic N) is 2. The topological polar surface area (TPSA) is 99.8 Å². The molecule has 1 atom stereocenters. The molecule has 4 fully saturated rings. The average molecular weight is 378 g/mol. The lowest BCUT2D eigenvalue weighted by atomic mass is 9.53. The standard InChI is InChI=1S/C18H27N5O2S/c1-3-14-19-17(23-22-14)26-10(2)15(24)20-16(25)21-18-7-11-4-12(8-18)6-13(5-11)9-18/h10-13H,3-9H2,1-2H3,(H,19,22,23)(H2,20,21,24,25). The smallest absolute Gasteiger partial charge is 0.321 e.